The molecular weight excluding hydrogens is 130 g/mol. The predicted octanol–water partition coefficient (Wildman–Crippen LogP) is 1.43. The fourth-order valence-electron chi connectivity index (χ4n) is 0.542. The van der Waals surface area contributed by atoms with E-state index in [2.05, 4.69) is 4.74 Å². The molecule has 0 amide bonds. The number of hydrogen-bond acceptors (Lipinski definition) is 1. The van der Waals surface area contributed by atoms with Crippen LogP contribution in [0.1, 0.15) is 13.3 Å². The number of hydrogen-bond donors (Lipinski definition) is 0. The molecule has 55 valence electrons. The molecule has 0 aliphatic carbocycles. The first-order chi connectivity index (χ1) is 4.02. The van der Waals surface area contributed by atoms with Gasteiger partial charge in [-0.3, -0.25) is 0 Å². The zero-order valence-electron chi connectivity index (χ0n) is 5.36. The van der Waals surface area contributed by atoms with Crippen molar-refractivity contribution in [3.63, 3.8) is 0 Å². The van der Waals surface area contributed by atoms with Gasteiger partial charge in [0.2, 0.25) is 0 Å². The predicted molar refractivity (Wildman–Crippen MR) is 26.7 cm³/mol. The molecule has 1 radical (unpaired) electrons. The van der Waals surface area contributed by atoms with Crippen LogP contribution < -0.4 is 0 Å². The van der Waals surface area contributed by atoms with E-state index in [0.29, 0.717) is 0 Å². The maximum Gasteiger partial charge on any atom is 0.406 e. The summed E-state index contributed by atoms with van der Waals surface area (Å²) in [6, 6.07) is 0. The van der Waals surface area contributed by atoms with Crippen LogP contribution >= 0.6 is 0 Å². The molecule has 0 rings (SSSR count). The molecule has 0 aromatic rings. The molecule has 0 bridgehead atoms. The molecule has 0 aromatic heterocycles. The van der Waals surface area contributed by atoms with Gasteiger partial charge in [0.25, 0.3) is 0 Å². The van der Waals surface area contributed by atoms with E-state index in [9.17, 15) is 13.9 Å². The van der Waals surface area contributed by atoms with Crippen molar-refractivity contribution >= 4 is 0 Å². The largest absolute Gasteiger partial charge is 0.406 e. The normalized spacial score (nSPS) is 15.7. The van der Waals surface area contributed by atoms with Crippen molar-refractivity contribution in [3.05, 3.63) is 0 Å². The van der Waals surface area contributed by atoms with E-state index in [-0.39, 0.29) is 6.42 Å². The van der Waals surface area contributed by atoms with Gasteiger partial charge in [-0.15, -0.1) is 0 Å². The molecule has 1 atom stereocenters. The Labute approximate surface area is 52.4 Å². The minimum Gasteiger partial charge on any atom is -0.372 e. The minimum absolute atomic E-state index is 0.0347. The van der Waals surface area contributed by atoms with Gasteiger partial charge in [0.1, 0.15) is 0 Å². The SMILES string of the molecule is CCC(OC)C([O])(F)F. The summed E-state index contributed by atoms with van der Waals surface area (Å²) in [5.41, 5.74) is 0. The molecular formula is C5H9F2O2. The van der Waals surface area contributed by atoms with Crippen molar-refractivity contribution in [2.45, 2.75) is 25.6 Å². The van der Waals surface area contributed by atoms with Crippen LogP contribution in [0.3, 0.4) is 0 Å². The monoisotopic (exact) mass is 139 g/mol. The van der Waals surface area contributed by atoms with Crippen LogP contribution in [0.4, 0.5) is 8.78 Å². The van der Waals surface area contributed by atoms with E-state index in [0.717, 1.165) is 7.11 Å². The van der Waals surface area contributed by atoms with Crippen molar-refractivity contribution in [2.75, 3.05) is 7.11 Å². The van der Waals surface area contributed by atoms with E-state index in [4.69, 9.17) is 0 Å². The molecule has 2 nitrogen and oxygen atoms in total. The van der Waals surface area contributed by atoms with Crippen LogP contribution in [0.25, 0.3) is 0 Å². The Hall–Kier alpha value is -0.220. The fraction of sp³-hybridized carbons (Fsp3) is 1.00. The highest BCUT2D eigenvalue weighted by Crippen LogP contribution is 2.19. The average Bonchev–Trinajstić information content (AvgIpc) is 1.65. The van der Waals surface area contributed by atoms with Crippen molar-refractivity contribution in [2.24, 2.45) is 0 Å². The summed E-state index contributed by atoms with van der Waals surface area (Å²) in [5, 5.41) is 9.81. The van der Waals surface area contributed by atoms with Gasteiger partial charge in [-0.05, 0) is 6.42 Å². The van der Waals surface area contributed by atoms with E-state index in [1.807, 2.05) is 0 Å². The molecule has 0 saturated carbocycles. The van der Waals surface area contributed by atoms with Gasteiger partial charge < -0.3 is 4.74 Å². The Morgan fingerprint density at radius 2 is 2.11 bits per heavy atom. The van der Waals surface area contributed by atoms with E-state index in [1.54, 1.807) is 0 Å². The quantitative estimate of drug-likeness (QED) is 0.581. The second-order valence-corrected chi connectivity index (χ2v) is 1.69. The summed E-state index contributed by atoms with van der Waals surface area (Å²) in [7, 11) is 1.10. The number of halogens is 2. The van der Waals surface area contributed by atoms with Gasteiger partial charge in [0.05, 0.1) is 0 Å². The summed E-state index contributed by atoms with van der Waals surface area (Å²) in [5.74, 6) is 0. The highest BCUT2D eigenvalue weighted by Gasteiger charge is 2.37. The highest BCUT2D eigenvalue weighted by atomic mass is 19.3. The summed E-state index contributed by atoms with van der Waals surface area (Å²) < 4.78 is 27.6. The minimum atomic E-state index is -3.95. The molecule has 4 heteroatoms. The smallest absolute Gasteiger partial charge is 0.372 e. The Morgan fingerprint density at radius 3 is 2.11 bits per heavy atom. The number of alkyl halides is 2. The van der Waals surface area contributed by atoms with Crippen LogP contribution in [-0.2, 0) is 9.84 Å². The van der Waals surface area contributed by atoms with Gasteiger partial charge >= 0.3 is 6.11 Å². The van der Waals surface area contributed by atoms with Crippen molar-refractivity contribution in [3.8, 4) is 0 Å². The lowest BCUT2D eigenvalue weighted by atomic mass is 10.2. The molecule has 0 aromatic carbocycles. The lowest BCUT2D eigenvalue weighted by molar-refractivity contribution is -0.298. The third kappa shape index (κ3) is 2.72. The second-order valence-electron chi connectivity index (χ2n) is 1.69. The van der Waals surface area contributed by atoms with Crippen molar-refractivity contribution in [1.29, 1.82) is 0 Å². The lowest BCUT2D eigenvalue weighted by Gasteiger charge is -2.15. The molecule has 0 fully saturated rings. The van der Waals surface area contributed by atoms with Gasteiger partial charge in [-0.1, -0.05) is 6.92 Å². The van der Waals surface area contributed by atoms with E-state index >= 15 is 0 Å². The zero-order chi connectivity index (χ0) is 7.49. The van der Waals surface area contributed by atoms with Crippen molar-refractivity contribution in [1.82, 2.24) is 0 Å². The topological polar surface area (TPSA) is 29.1 Å². The summed E-state index contributed by atoms with van der Waals surface area (Å²) in [4.78, 5) is 0. The standard InChI is InChI=1S/C5H9F2O2/c1-3-4(9-2)5(6,7)8/h4H,3H2,1-2H3. The summed E-state index contributed by atoms with van der Waals surface area (Å²) >= 11 is 0. The summed E-state index contributed by atoms with van der Waals surface area (Å²) in [6.07, 6.45) is -5.41. The molecule has 0 spiro atoms. The number of rotatable bonds is 3. The molecule has 9 heavy (non-hydrogen) atoms. The first-order valence-electron chi connectivity index (χ1n) is 2.63. The van der Waals surface area contributed by atoms with Crippen molar-refractivity contribution < 1.29 is 18.6 Å². The highest BCUT2D eigenvalue weighted by molar-refractivity contribution is 4.62. The van der Waals surface area contributed by atoms with Gasteiger partial charge in [0.15, 0.2) is 6.10 Å². The van der Waals surface area contributed by atoms with Gasteiger partial charge in [-0.2, -0.15) is 13.9 Å². The van der Waals surface area contributed by atoms with Crippen LogP contribution in [0.15, 0.2) is 0 Å². The maximum absolute atomic E-state index is 11.7. The van der Waals surface area contributed by atoms with Gasteiger partial charge in [0, 0.05) is 7.11 Å². The molecule has 0 aliphatic heterocycles. The molecule has 1 unspecified atom stereocenters. The first kappa shape index (κ1) is 8.78. The van der Waals surface area contributed by atoms with Crippen LogP contribution in [0, 0.1) is 0 Å². The second kappa shape index (κ2) is 3.08. The fourth-order valence-corrected chi connectivity index (χ4v) is 0.542. The Balaban J connectivity index is 3.79. The third-order valence-electron chi connectivity index (χ3n) is 1.03. The molecule has 0 N–H and O–H groups in total. The maximum atomic E-state index is 11.7. The van der Waals surface area contributed by atoms with Crippen LogP contribution in [-0.4, -0.2) is 19.3 Å². The average molecular weight is 139 g/mol. The molecule has 0 saturated heterocycles. The third-order valence-corrected chi connectivity index (χ3v) is 1.03. The van der Waals surface area contributed by atoms with Crippen LogP contribution in [0.5, 0.6) is 0 Å². The van der Waals surface area contributed by atoms with E-state index in [1.165, 1.54) is 6.92 Å². The van der Waals surface area contributed by atoms with E-state index < -0.39 is 12.2 Å². The van der Waals surface area contributed by atoms with Crippen LogP contribution in [0.2, 0.25) is 0 Å². The Bertz CT molecular complexity index is 75.5. The van der Waals surface area contributed by atoms with Gasteiger partial charge in [-0.25, -0.2) is 0 Å². The Kier molecular flexibility index (Phi) is 3.00. The first-order valence-corrected chi connectivity index (χ1v) is 2.63. The summed E-state index contributed by atoms with van der Waals surface area (Å²) in [6.45, 7) is 1.47. The zero-order valence-corrected chi connectivity index (χ0v) is 5.36. The molecule has 0 aliphatic rings. The Morgan fingerprint density at radius 1 is 1.67 bits per heavy atom. The lowest BCUT2D eigenvalue weighted by Crippen LogP contribution is -2.32. The number of methoxy groups -OCH3 is 1. The number of ether oxygens (including phenoxy) is 1. The molecule has 0 heterocycles.